The summed E-state index contributed by atoms with van der Waals surface area (Å²) in [5.41, 5.74) is 1.93. The molecule has 0 bridgehead atoms. The van der Waals surface area contributed by atoms with Crippen LogP contribution in [0.5, 0.6) is 5.75 Å². The number of hydrogen-bond donors (Lipinski definition) is 0. The molecule has 0 amide bonds. The summed E-state index contributed by atoms with van der Waals surface area (Å²) in [6.07, 6.45) is 1.20. The molecular weight excluding hydrogens is 312 g/mol. The molecule has 92 valence electrons. The van der Waals surface area contributed by atoms with E-state index in [1.807, 2.05) is 23.6 Å². The molecule has 0 aliphatic heterocycles. The van der Waals surface area contributed by atoms with Crippen LogP contribution in [-0.2, 0) is 6.42 Å². The van der Waals surface area contributed by atoms with E-state index in [0.29, 0.717) is 12.8 Å². The number of nitrogens with zero attached hydrogens (tertiary/aromatic N) is 2. The molecule has 2 aromatic rings. The maximum Gasteiger partial charge on any atom is 0.129 e. The lowest BCUT2D eigenvalue weighted by molar-refractivity contribution is 0.416. The number of halogens is 1. The largest absolute Gasteiger partial charge is 0.496 e. The lowest BCUT2D eigenvalue weighted by Gasteiger charge is -2.06. The maximum atomic E-state index is 8.57. The fraction of sp³-hybridized carbons (Fsp3) is 0.231. The number of rotatable bonds is 4. The molecule has 0 atom stereocenters. The normalized spacial score (nSPS) is 10.1. The van der Waals surface area contributed by atoms with E-state index in [1.54, 1.807) is 18.4 Å². The molecule has 0 saturated heterocycles. The van der Waals surface area contributed by atoms with Crippen molar-refractivity contribution in [1.82, 2.24) is 4.98 Å². The number of nitriles is 1. The Morgan fingerprint density at radius 1 is 1.50 bits per heavy atom. The molecule has 0 aliphatic carbocycles. The van der Waals surface area contributed by atoms with Crippen LogP contribution in [0.2, 0.25) is 0 Å². The monoisotopic (exact) mass is 322 g/mol. The summed E-state index contributed by atoms with van der Waals surface area (Å²) in [7, 11) is 1.65. The van der Waals surface area contributed by atoms with Gasteiger partial charge in [0.25, 0.3) is 0 Å². The zero-order valence-corrected chi connectivity index (χ0v) is 12.2. The molecule has 2 rings (SSSR count). The van der Waals surface area contributed by atoms with Crippen molar-refractivity contribution in [2.45, 2.75) is 12.8 Å². The Hall–Kier alpha value is -1.38. The van der Waals surface area contributed by atoms with Gasteiger partial charge in [-0.1, -0.05) is 15.9 Å². The van der Waals surface area contributed by atoms with Crippen LogP contribution in [-0.4, -0.2) is 12.1 Å². The van der Waals surface area contributed by atoms with Crippen LogP contribution in [0.1, 0.15) is 12.1 Å². The quantitative estimate of drug-likeness (QED) is 0.853. The first-order valence-corrected chi connectivity index (χ1v) is 7.07. The number of aromatic nitrogens is 1. The second kappa shape index (κ2) is 5.98. The summed E-state index contributed by atoms with van der Waals surface area (Å²) in [6.45, 7) is 0. The van der Waals surface area contributed by atoms with E-state index in [4.69, 9.17) is 10.00 Å². The third-order valence-corrected chi connectivity index (χ3v) is 3.85. The predicted octanol–water partition coefficient (Wildman–Crippen LogP) is 4.04. The van der Waals surface area contributed by atoms with Crippen molar-refractivity contribution < 1.29 is 4.74 Å². The second-order valence-electron chi connectivity index (χ2n) is 3.65. The number of aryl methyl sites for hydroxylation is 1. The van der Waals surface area contributed by atoms with Gasteiger partial charge in [0, 0.05) is 22.7 Å². The summed E-state index contributed by atoms with van der Waals surface area (Å²) < 4.78 is 6.33. The number of benzene rings is 1. The van der Waals surface area contributed by atoms with E-state index in [2.05, 4.69) is 27.0 Å². The van der Waals surface area contributed by atoms with E-state index in [9.17, 15) is 0 Å². The molecule has 0 saturated carbocycles. The maximum absolute atomic E-state index is 8.57. The van der Waals surface area contributed by atoms with Crippen LogP contribution < -0.4 is 4.74 Å². The van der Waals surface area contributed by atoms with Gasteiger partial charge in [-0.2, -0.15) is 5.26 Å². The highest BCUT2D eigenvalue weighted by Gasteiger charge is 2.10. The molecule has 18 heavy (non-hydrogen) atoms. The highest BCUT2D eigenvalue weighted by molar-refractivity contribution is 9.10. The summed E-state index contributed by atoms with van der Waals surface area (Å²) >= 11 is 5.02. The molecule has 0 N–H and O–H groups in total. The van der Waals surface area contributed by atoms with Gasteiger partial charge < -0.3 is 4.74 Å². The predicted molar refractivity (Wildman–Crippen MR) is 75.7 cm³/mol. The van der Waals surface area contributed by atoms with E-state index in [0.717, 1.165) is 26.5 Å². The van der Waals surface area contributed by atoms with Crippen molar-refractivity contribution in [2.24, 2.45) is 0 Å². The van der Waals surface area contributed by atoms with Crippen LogP contribution in [0.25, 0.3) is 10.6 Å². The summed E-state index contributed by atoms with van der Waals surface area (Å²) in [4.78, 5) is 4.53. The Labute approximate surface area is 118 Å². The van der Waals surface area contributed by atoms with Crippen LogP contribution in [0, 0.1) is 11.3 Å². The standard InChI is InChI=1S/C13H11BrN2OS/c1-17-12-5-4-9(14)7-11(12)13-16-10(8-18-13)3-2-6-15/h4-5,7-8H,2-3H2,1H3. The van der Waals surface area contributed by atoms with Gasteiger partial charge in [0.1, 0.15) is 10.8 Å². The van der Waals surface area contributed by atoms with Crippen molar-refractivity contribution in [3.8, 4) is 22.4 Å². The number of ether oxygens (including phenoxy) is 1. The smallest absolute Gasteiger partial charge is 0.129 e. The van der Waals surface area contributed by atoms with Crippen molar-refractivity contribution >= 4 is 27.3 Å². The molecule has 5 heteroatoms. The molecular formula is C13H11BrN2OS. The van der Waals surface area contributed by atoms with Crippen molar-refractivity contribution in [2.75, 3.05) is 7.11 Å². The lowest BCUT2D eigenvalue weighted by atomic mass is 10.2. The molecule has 1 aromatic heterocycles. The minimum atomic E-state index is 0.499. The molecule has 0 radical (unpaired) electrons. The SMILES string of the molecule is COc1ccc(Br)cc1-c1nc(CCC#N)cs1. The van der Waals surface area contributed by atoms with Crippen molar-refractivity contribution in [3.63, 3.8) is 0 Å². The van der Waals surface area contributed by atoms with Gasteiger partial charge >= 0.3 is 0 Å². The fourth-order valence-corrected chi connectivity index (χ4v) is 2.81. The highest BCUT2D eigenvalue weighted by atomic mass is 79.9. The lowest BCUT2D eigenvalue weighted by Crippen LogP contribution is -1.89. The van der Waals surface area contributed by atoms with Crippen molar-refractivity contribution in [1.29, 1.82) is 5.26 Å². The topological polar surface area (TPSA) is 45.9 Å². The molecule has 0 unspecified atom stereocenters. The average molecular weight is 323 g/mol. The van der Waals surface area contributed by atoms with Crippen molar-refractivity contribution in [3.05, 3.63) is 33.7 Å². The molecule has 0 spiro atoms. The zero-order chi connectivity index (χ0) is 13.0. The third kappa shape index (κ3) is 2.89. The number of hydrogen-bond acceptors (Lipinski definition) is 4. The molecule has 0 fully saturated rings. The van der Waals surface area contributed by atoms with Gasteiger partial charge in [-0.15, -0.1) is 11.3 Å². The first kappa shape index (κ1) is 13.1. The van der Waals surface area contributed by atoms with E-state index >= 15 is 0 Å². The number of methoxy groups -OCH3 is 1. The first-order valence-electron chi connectivity index (χ1n) is 5.40. The average Bonchev–Trinajstić information content (AvgIpc) is 2.85. The third-order valence-electron chi connectivity index (χ3n) is 2.44. The Balaban J connectivity index is 2.33. The molecule has 3 nitrogen and oxygen atoms in total. The van der Waals surface area contributed by atoms with Gasteiger partial charge in [0.2, 0.25) is 0 Å². The first-order chi connectivity index (χ1) is 8.74. The van der Waals surface area contributed by atoms with Gasteiger partial charge in [0.15, 0.2) is 0 Å². The zero-order valence-electron chi connectivity index (χ0n) is 9.81. The minimum absolute atomic E-state index is 0.499. The number of thiazole rings is 1. The van der Waals surface area contributed by atoms with Gasteiger partial charge in [-0.25, -0.2) is 4.98 Å². The van der Waals surface area contributed by atoms with Gasteiger partial charge in [-0.05, 0) is 18.2 Å². The Bertz CT molecular complexity index is 589. The van der Waals surface area contributed by atoms with E-state index in [1.165, 1.54) is 0 Å². The van der Waals surface area contributed by atoms with Gasteiger partial charge in [-0.3, -0.25) is 0 Å². The highest BCUT2D eigenvalue weighted by Crippen LogP contribution is 2.34. The Morgan fingerprint density at radius 2 is 2.33 bits per heavy atom. The Morgan fingerprint density at radius 3 is 3.06 bits per heavy atom. The molecule has 1 heterocycles. The van der Waals surface area contributed by atoms with Crippen LogP contribution in [0.4, 0.5) is 0 Å². The van der Waals surface area contributed by atoms with Gasteiger partial charge in [0.05, 0.1) is 24.4 Å². The molecule has 0 aliphatic rings. The van der Waals surface area contributed by atoms with Crippen LogP contribution in [0.3, 0.4) is 0 Å². The minimum Gasteiger partial charge on any atom is -0.496 e. The Kier molecular flexibility index (Phi) is 4.34. The van der Waals surface area contributed by atoms with E-state index in [-0.39, 0.29) is 0 Å². The van der Waals surface area contributed by atoms with E-state index < -0.39 is 0 Å². The summed E-state index contributed by atoms with van der Waals surface area (Å²) in [6, 6.07) is 7.97. The second-order valence-corrected chi connectivity index (χ2v) is 5.42. The summed E-state index contributed by atoms with van der Waals surface area (Å²) in [5, 5.41) is 11.5. The fourth-order valence-electron chi connectivity index (χ4n) is 1.58. The van der Waals surface area contributed by atoms with Crippen LogP contribution >= 0.6 is 27.3 Å². The summed E-state index contributed by atoms with van der Waals surface area (Å²) in [5.74, 6) is 0.805. The van der Waals surface area contributed by atoms with Crippen LogP contribution in [0.15, 0.2) is 28.1 Å². The molecule has 1 aromatic carbocycles.